The van der Waals surface area contributed by atoms with Gasteiger partial charge in [-0.1, -0.05) is 53.5 Å². The zero-order chi connectivity index (χ0) is 24.9. The topological polar surface area (TPSA) is 80.2 Å². The molecule has 0 aliphatic rings. The van der Waals surface area contributed by atoms with Gasteiger partial charge in [0.25, 0.3) is 5.91 Å². The molecule has 0 aliphatic carbocycles. The molecule has 0 heterocycles. The van der Waals surface area contributed by atoms with Crippen molar-refractivity contribution in [3.8, 4) is 17.2 Å². The first-order chi connectivity index (χ1) is 16.9. The van der Waals surface area contributed by atoms with Crippen molar-refractivity contribution >= 4 is 62.0 Å². The van der Waals surface area contributed by atoms with Gasteiger partial charge in [-0.25, -0.2) is 5.43 Å². The summed E-state index contributed by atoms with van der Waals surface area (Å²) in [7, 11) is 1.53. The van der Waals surface area contributed by atoms with Crippen LogP contribution in [-0.2, 0) is 6.61 Å². The molecule has 6 nitrogen and oxygen atoms in total. The molecular weight excluding hydrogens is 555 g/mol. The van der Waals surface area contributed by atoms with E-state index in [9.17, 15) is 9.90 Å². The Balaban J connectivity index is 1.47. The number of nitrogens with one attached hydrogen (secondary N) is 1. The highest BCUT2D eigenvalue weighted by atomic mass is 79.9. The lowest BCUT2D eigenvalue weighted by Crippen LogP contribution is -2.17. The van der Waals surface area contributed by atoms with Crippen LogP contribution in [0.5, 0.6) is 17.2 Å². The van der Waals surface area contributed by atoms with Crippen LogP contribution in [-0.4, -0.2) is 24.3 Å². The second-order valence-corrected chi connectivity index (χ2v) is 9.16. The van der Waals surface area contributed by atoms with Gasteiger partial charge in [-0.15, -0.1) is 0 Å². The average Bonchev–Trinajstić information content (AvgIpc) is 2.84. The van der Waals surface area contributed by atoms with Crippen LogP contribution >= 0.6 is 39.1 Å². The van der Waals surface area contributed by atoms with Gasteiger partial charge in [-0.2, -0.15) is 5.10 Å². The SMILES string of the molecule is COc1cc(C=NNC(=O)c2cc3ccccc3cc2O)cc(Br)c1OCc1ccc(Cl)c(Cl)c1. The maximum absolute atomic E-state index is 12.6. The number of nitrogens with zero attached hydrogens (tertiary/aromatic N) is 1. The minimum Gasteiger partial charge on any atom is -0.507 e. The molecule has 0 atom stereocenters. The lowest BCUT2D eigenvalue weighted by atomic mass is 10.1. The number of phenols is 1. The number of ether oxygens (including phenoxy) is 2. The van der Waals surface area contributed by atoms with Crippen LogP contribution < -0.4 is 14.9 Å². The predicted octanol–water partition coefficient (Wildman–Crippen LogP) is 6.97. The number of carbonyl (C=O) groups is 1. The number of amides is 1. The van der Waals surface area contributed by atoms with Crippen molar-refractivity contribution in [1.82, 2.24) is 5.43 Å². The molecule has 35 heavy (non-hydrogen) atoms. The van der Waals surface area contributed by atoms with Gasteiger partial charge in [0.05, 0.1) is 33.4 Å². The minimum atomic E-state index is -0.530. The second kappa shape index (κ2) is 11.0. The first-order valence-corrected chi connectivity index (χ1v) is 11.9. The highest BCUT2D eigenvalue weighted by molar-refractivity contribution is 9.10. The number of fused-ring (bicyclic) bond motifs is 1. The Kier molecular flexibility index (Phi) is 7.80. The summed E-state index contributed by atoms with van der Waals surface area (Å²) < 4.78 is 12.0. The predicted molar refractivity (Wildman–Crippen MR) is 142 cm³/mol. The van der Waals surface area contributed by atoms with Crippen LogP contribution in [0.15, 0.2) is 76.3 Å². The maximum atomic E-state index is 12.6. The fourth-order valence-electron chi connectivity index (χ4n) is 3.38. The summed E-state index contributed by atoms with van der Waals surface area (Å²) in [6, 6.07) is 19.4. The van der Waals surface area contributed by atoms with Gasteiger partial charge < -0.3 is 14.6 Å². The van der Waals surface area contributed by atoms with E-state index < -0.39 is 5.91 Å². The molecule has 0 aliphatic heterocycles. The molecule has 4 rings (SSSR count). The number of carbonyl (C=O) groups excluding carboxylic acids is 1. The van der Waals surface area contributed by atoms with E-state index in [0.717, 1.165) is 16.3 Å². The summed E-state index contributed by atoms with van der Waals surface area (Å²) in [5.74, 6) is 0.321. The van der Waals surface area contributed by atoms with Crippen molar-refractivity contribution < 1.29 is 19.4 Å². The van der Waals surface area contributed by atoms with E-state index in [4.69, 9.17) is 32.7 Å². The van der Waals surface area contributed by atoms with Crippen LogP contribution in [0.2, 0.25) is 10.0 Å². The Bertz CT molecular complexity index is 1440. The molecule has 0 fully saturated rings. The number of phenolic OH excluding ortho intramolecular Hbond substituents is 1. The molecule has 9 heteroatoms. The number of hydrogen-bond acceptors (Lipinski definition) is 5. The lowest BCUT2D eigenvalue weighted by Gasteiger charge is -2.14. The largest absolute Gasteiger partial charge is 0.507 e. The minimum absolute atomic E-state index is 0.121. The molecule has 4 aromatic carbocycles. The smallest absolute Gasteiger partial charge is 0.275 e. The van der Waals surface area contributed by atoms with Crippen LogP contribution in [0.1, 0.15) is 21.5 Å². The molecule has 0 unspecified atom stereocenters. The van der Waals surface area contributed by atoms with Crippen LogP contribution in [0.3, 0.4) is 0 Å². The van der Waals surface area contributed by atoms with Crippen LogP contribution in [0, 0.1) is 0 Å². The monoisotopic (exact) mass is 572 g/mol. The first kappa shape index (κ1) is 24.9. The first-order valence-electron chi connectivity index (χ1n) is 10.3. The number of halogens is 3. The molecule has 0 saturated heterocycles. The van der Waals surface area contributed by atoms with Gasteiger partial charge in [0.15, 0.2) is 11.5 Å². The number of aromatic hydroxyl groups is 1. The quantitative estimate of drug-likeness (QED) is 0.185. The number of benzene rings is 4. The molecule has 0 aromatic heterocycles. The van der Waals surface area contributed by atoms with Crippen molar-refractivity contribution in [1.29, 1.82) is 0 Å². The molecule has 178 valence electrons. The second-order valence-electron chi connectivity index (χ2n) is 7.49. The Hall–Kier alpha value is -3.26. The third-order valence-corrected chi connectivity index (χ3v) is 6.44. The Morgan fingerprint density at radius 1 is 1.06 bits per heavy atom. The molecular formula is C26H19BrCl2N2O4. The van der Waals surface area contributed by atoms with Crippen molar-refractivity contribution in [2.75, 3.05) is 7.11 Å². The Morgan fingerprint density at radius 2 is 1.80 bits per heavy atom. The van der Waals surface area contributed by atoms with Gasteiger partial charge in [-0.05, 0) is 74.2 Å². The standard InChI is InChI=1S/C26H19BrCl2N2O4/c1-34-24-10-16(8-20(27)25(24)35-14-15-6-7-21(28)22(29)9-15)13-30-31-26(33)19-11-17-4-2-3-5-18(17)12-23(19)32/h2-13,32H,14H2,1H3,(H,31,33). The van der Waals surface area contributed by atoms with Crippen molar-refractivity contribution in [3.63, 3.8) is 0 Å². The lowest BCUT2D eigenvalue weighted by molar-refractivity contribution is 0.0952. The van der Waals surface area contributed by atoms with Gasteiger partial charge in [0.2, 0.25) is 0 Å². The Labute approximate surface area is 220 Å². The van der Waals surface area contributed by atoms with Crippen molar-refractivity contribution in [3.05, 3.63) is 97.9 Å². The van der Waals surface area contributed by atoms with Crippen LogP contribution in [0.4, 0.5) is 0 Å². The van der Waals surface area contributed by atoms with E-state index in [2.05, 4.69) is 26.5 Å². The molecule has 4 aromatic rings. The summed E-state index contributed by atoms with van der Waals surface area (Å²) in [6.45, 7) is 0.255. The Morgan fingerprint density at radius 3 is 2.51 bits per heavy atom. The summed E-state index contributed by atoms with van der Waals surface area (Å²) >= 11 is 15.5. The molecule has 1 amide bonds. The fourth-order valence-corrected chi connectivity index (χ4v) is 4.27. The van der Waals surface area contributed by atoms with Crippen LogP contribution in [0.25, 0.3) is 10.8 Å². The van der Waals surface area contributed by atoms with E-state index in [-0.39, 0.29) is 17.9 Å². The van der Waals surface area contributed by atoms with Gasteiger partial charge in [-0.3, -0.25) is 4.79 Å². The fraction of sp³-hybridized carbons (Fsp3) is 0.0769. The molecule has 2 N–H and O–H groups in total. The van der Waals surface area contributed by atoms with Gasteiger partial charge in [0.1, 0.15) is 12.4 Å². The number of rotatable bonds is 7. The van der Waals surface area contributed by atoms with E-state index >= 15 is 0 Å². The molecule has 0 spiro atoms. The third kappa shape index (κ3) is 5.88. The summed E-state index contributed by atoms with van der Waals surface area (Å²) in [4.78, 5) is 12.6. The number of hydrogen-bond donors (Lipinski definition) is 2. The maximum Gasteiger partial charge on any atom is 0.275 e. The summed E-state index contributed by atoms with van der Waals surface area (Å²) in [5, 5.41) is 16.8. The highest BCUT2D eigenvalue weighted by Gasteiger charge is 2.14. The van der Waals surface area contributed by atoms with E-state index in [1.165, 1.54) is 13.3 Å². The number of methoxy groups -OCH3 is 1. The normalized spacial score (nSPS) is 11.1. The third-order valence-electron chi connectivity index (χ3n) is 5.11. The molecule has 0 radical (unpaired) electrons. The average molecular weight is 574 g/mol. The van der Waals surface area contributed by atoms with Crippen molar-refractivity contribution in [2.45, 2.75) is 6.61 Å². The van der Waals surface area contributed by atoms with Gasteiger partial charge >= 0.3 is 0 Å². The van der Waals surface area contributed by atoms with E-state index in [1.54, 1.807) is 36.4 Å². The zero-order valence-corrected chi connectivity index (χ0v) is 21.5. The van der Waals surface area contributed by atoms with Gasteiger partial charge in [0, 0.05) is 0 Å². The van der Waals surface area contributed by atoms with Crippen molar-refractivity contribution in [2.24, 2.45) is 5.10 Å². The van der Waals surface area contributed by atoms with E-state index in [0.29, 0.717) is 31.6 Å². The van der Waals surface area contributed by atoms with E-state index in [1.807, 2.05) is 30.3 Å². The summed E-state index contributed by atoms with van der Waals surface area (Å²) in [6.07, 6.45) is 1.46. The molecule has 0 bridgehead atoms. The highest BCUT2D eigenvalue weighted by Crippen LogP contribution is 2.37. The number of hydrazone groups is 1. The summed E-state index contributed by atoms with van der Waals surface area (Å²) in [5.41, 5.74) is 4.07. The zero-order valence-electron chi connectivity index (χ0n) is 18.4. The molecule has 0 saturated carbocycles.